The summed E-state index contributed by atoms with van der Waals surface area (Å²) in [5, 5.41) is 3.03. The molecule has 0 bridgehead atoms. The van der Waals surface area contributed by atoms with Gasteiger partial charge in [0.1, 0.15) is 6.17 Å². The van der Waals surface area contributed by atoms with Crippen LogP contribution in [0.15, 0.2) is 0 Å². The van der Waals surface area contributed by atoms with Crippen LogP contribution in [0.25, 0.3) is 0 Å². The van der Waals surface area contributed by atoms with E-state index in [1.165, 1.54) is 0 Å². The Hall–Kier alpha value is -0.150. The number of ether oxygens (including phenoxy) is 1. The highest BCUT2D eigenvalue weighted by molar-refractivity contribution is 4.96. The fourth-order valence-corrected chi connectivity index (χ4v) is 1.63. The first kappa shape index (κ1) is 6.55. The number of alkyl halides is 1. The predicted octanol–water partition coefficient (Wildman–Crippen LogP) is 0.334. The summed E-state index contributed by atoms with van der Waals surface area (Å²) in [6, 6.07) is 0. The van der Waals surface area contributed by atoms with E-state index in [4.69, 9.17) is 4.74 Å². The first-order valence-electron chi connectivity index (χ1n) is 3.76. The van der Waals surface area contributed by atoms with E-state index < -0.39 is 6.17 Å². The van der Waals surface area contributed by atoms with Crippen LogP contribution in [0.1, 0.15) is 6.42 Å². The zero-order chi connectivity index (χ0) is 7.03. The zero-order valence-corrected chi connectivity index (χ0v) is 5.90. The second-order valence-corrected chi connectivity index (χ2v) is 3.28. The van der Waals surface area contributed by atoms with Crippen molar-refractivity contribution in [1.82, 2.24) is 5.32 Å². The fourth-order valence-electron chi connectivity index (χ4n) is 1.63. The van der Waals surface area contributed by atoms with Crippen molar-refractivity contribution in [2.45, 2.75) is 12.6 Å². The largest absolute Gasteiger partial charge is 0.380 e. The molecule has 2 nitrogen and oxygen atoms in total. The van der Waals surface area contributed by atoms with Crippen molar-refractivity contribution in [2.75, 3.05) is 26.3 Å². The molecule has 10 heavy (non-hydrogen) atoms. The van der Waals surface area contributed by atoms with Crippen molar-refractivity contribution in [3.8, 4) is 0 Å². The van der Waals surface area contributed by atoms with Crippen LogP contribution in [0.2, 0.25) is 0 Å². The third kappa shape index (κ3) is 0.772. The summed E-state index contributed by atoms with van der Waals surface area (Å²) in [6.07, 6.45) is 0.253. The highest BCUT2D eigenvalue weighted by Crippen LogP contribution is 2.38. The number of rotatable bonds is 0. The molecule has 0 saturated carbocycles. The van der Waals surface area contributed by atoms with Crippen molar-refractivity contribution >= 4 is 0 Å². The lowest BCUT2D eigenvalue weighted by Crippen LogP contribution is -2.57. The van der Waals surface area contributed by atoms with E-state index in [2.05, 4.69) is 5.32 Å². The van der Waals surface area contributed by atoms with Crippen LogP contribution in [-0.4, -0.2) is 32.5 Å². The van der Waals surface area contributed by atoms with E-state index >= 15 is 0 Å². The van der Waals surface area contributed by atoms with Gasteiger partial charge in [-0.25, -0.2) is 4.39 Å². The van der Waals surface area contributed by atoms with Crippen LogP contribution in [0.4, 0.5) is 4.39 Å². The van der Waals surface area contributed by atoms with E-state index in [9.17, 15) is 4.39 Å². The Morgan fingerprint density at radius 3 is 2.70 bits per heavy atom. The second kappa shape index (κ2) is 2.17. The van der Waals surface area contributed by atoms with E-state index in [0.717, 1.165) is 13.0 Å². The van der Waals surface area contributed by atoms with Gasteiger partial charge in [-0.05, 0) is 13.0 Å². The Morgan fingerprint density at radius 2 is 2.30 bits per heavy atom. The van der Waals surface area contributed by atoms with Crippen LogP contribution in [0, 0.1) is 5.41 Å². The molecule has 0 aromatic rings. The van der Waals surface area contributed by atoms with Crippen LogP contribution in [-0.2, 0) is 4.74 Å². The Bertz CT molecular complexity index is 136. The highest BCUT2D eigenvalue weighted by atomic mass is 19.1. The average Bonchev–Trinajstić information content (AvgIpc) is 1.85. The molecule has 2 aliphatic heterocycles. The maximum atomic E-state index is 13.1. The molecule has 1 N–H and O–H groups in total. The lowest BCUT2D eigenvalue weighted by Gasteiger charge is -2.46. The smallest absolute Gasteiger partial charge is 0.123 e. The highest BCUT2D eigenvalue weighted by Gasteiger charge is 2.47. The van der Waals surface area contributed by atoms with Gasteiger partial charge in [0.25, 0.3) is 0 Å². The van der Waals surface area contributed by atoms with Crippen molar-refractivity contribution in [3.63, 3.8) is 0 Å². The number of hydrogen-bond donors (Lipinski definition) is 1. The molecule has 2 heterocycles. The van der Waals surface area contributed by atoms with E-state index in [1.54, 1.807) is 0 Å². The lowest BCUT2D eigenvalue weighted by molar-refractivity contribution is -0.162. The predicted molar refractivity (Wildman–Crippen MR) is 35.6 cm³/mol. The standard InChI is InChI=1S/C7H12FNO/c8-6-3-9-2-1-7(6)4-10-5-7/h6,9H,1-5H2. The van der Waals surface area contributed by atoms with Crippen molar-refractivity contribution in [2.24, 2.45) is 5.41 Å². The molecule has 2 rings (SSSR count). The van der Waals surface area contributed by atoms with Gasteiger partial charge >= 0.3 is 0 Å². The normalized spacial score (nSPS) is 37.5. The van der Waals surface area contributed by atoms with E-state index in [1.807, 2.05) is 0 Å². The Balaban J connectivity index is 2.03. The molecular weight excluding hydrogens is 133 g/mol. The first-order valence-corrected chi connectivity index (χ1v) is 3.76. The molecule has 0 aromatic carbocycles. The summed E-state index contributed by atoms with van der Waals surface area (Å²) < 4.78 is 18.2. The molecule has 0 amide bonds. The van der Waals surface area contributed by atoms with Gasteiger partial charge in [0.05, 0.1) is 18.6 Å². The maximum Gasteiger partial charge on any atom is 0.123 e. The third-order valence-corrected chi connectivity index (χ3v) is 2.57. The van der Waals surface area contributed by atoms with E-state index in [0.29, 0.717) is 19.8 Å². The lowest BCUT2D eigenvalue weighted by atomic mass is 9.76. The summed E-state index contributed by atoms with van der Waals surface area (Å²) in [6.45, 7) is 2.73. The molecule has 1 unspecified atom stereocenters. The summed E-state index contributed by atoms with van der Waals surface area (Å²) >= 11 is 0. The van der Waals surface area contributed by atoms with Gasteiger partial charge in [0, 0.05) is 6.54 Å². The molecule has 0 aromatic heterocycles. The van der Waals surface area contributed by atoms with Crippen LogP contribution in [0.5, 0.6) is 0 Å². The van der Waals surface area contributed by atoms with E-state index in [-0.39, 0.29) is 5.41 Å². The topological polar surface area (TPSA) is 21.3 Å². The Kier molecular flexibility index (Phi) is 1.42. The minimum absolute atomic E-state index is 0.0920. The number of halogens is 1. The van der Waals surface area contributed by atoms with Crippen molar-refractivity contribution in [3.05, 3.63) is 0 Å². The number of nitrogens with one attached hydrogen (secondary N) is 1. The molecule has 1 atom stereocenters. The maximum absolute atomic E-state index is 13.1. The number of piperidine rings is 1. The monoisotopic (exact) mass is 145 g/mol. The quantitative estimate of drug-likeness (QED) is 0.530. The number of hydrogen-bond acceptors (Lipinski definition) is 2. The summed E-state index contributed by atoms with van der Waals surface area (Å²) in [7, 11) is 0. The van der Waals surface area contributed by atoms with Crippen LogP contribution < -0.4 is 5.32 Å². The Morgan fingerprint density at radius 1 is 1.50 bits per heavy atom. The third-order valence-electron chi connectivity index (χ3n) is 2.57. The van der Waals surface area contributed by atoms with Gasteiger partial charge in [-0.1, -0.05) is 0 Å². The van der Waals surface area contributed by atoms with Gasteiger partial charge in [-0.2, -0.15) is 0 Å². The minimum atomic E-state index is -0.685. The van der Waals surface area contributed by atoms with Gasteiger partial charge in [-0.3, -0.25) is 0 Å². The molecule has 0 radical (unpaired) electrons. The first-order chi connectivity index (χ1) is 4.83. The second-order valence-electron chi connectivity index (χ2n) is 3.28. The molecular formula is C7H12FNO. The van der Waals surface area contributed by atoms with Gasteiger partial charge < -0.3 is 10.1 Å². The fraction of sp³-hybridized carbons (Fsp3) is 1.00. The van der Waals surface area contributed by atoms with Crippen LogP contribution >= 0.6 is 0 Å². The molecule has 3 heteroatoms. The molecule has 0 aliphatic carbocycles. The molecule has 2 aliphatic rings. The zero-order valence-electron chi connectivity index (χ0n) is 5.90. The van der Waals surface area contributed by atoms with Gasteiger partial charge in [0.2, 0.25) is 0 Å². The summed E-state index contributed by atoms with van der Waals surface area (Å²) in [5.74, 6) is 0. The van der Waals surface area contributed by atoms with Gasteiger partial charge in [0.15, 0.2) is 0 Å². The summed E-state index contributed by atoms with van der Waals surface area (Å²) in [4.78, 5) is 0. The Labute approximate surface area is 59.7 Å². The summed E-state index contributed by atoms with van der Waals surface area (Å²) in [5.41, 5.74) is -0.0920. The van der Waals surface area contributed by atoms with Crippen LogP contribution in [0.3, 0.4) is 0 Å². The SMILES string of the molecule is FC1CNCCC12COC2. The van der Waals surface area contributed by atoms with Gasteiger partial charge in [-0.15, -0.1) is 0 Å². The average molecular weight is 145 g/mol. The molecule has 58 valence electrons. The van der Waals surface area contributed by atoms with Crippen molar-refractivity contribution < 1.29 is 9.13 Å². The molecule has 1 spiro atoms. The van der Waals surface area contributed by atoms with Crippen molar-refractivity contribution in [1.29, 1.82) is 0 Å². The molecule has 2 fully saturated rings. The molecule has 2 saturated heterocycles. The minimum Gasteiger partial charge on any atom is -0.380 e.